The van der Waals surface area contributed by atoms with Crippen LogP contribution in [0.1, 0.15) is 21.6 Å². The van der Waals surface area contributed by atoms with Gasteiger partial charge in [-0.1, -0.05) is 0 Å². The number of fused-ring (bicyclic) bond motifs is 1. The predicted octanol–water partition coefficient (Wildman–Crippen LogP) is -0.104. The van der Waals surface area contributed by atoms with Crippen molar-refractivity contribution in [2.75, 3.05) is 0 Å². The zero-order chi connectivity index (χ0) is 10.3. The number of hydrogen-bond donors (Lipinski definition) is 2. The molecule has 1 aliphatic rings. The molecule has 0 fully saturated rings. The predicted molar refractivity (Wildman–Crippen MR) is 47.9 cm³/mol. The van der Waals surface area contributed by atoms with Gasteiger partial charge < -0.3 is 15.0 Å². The van der Waals surface area contributed by atoms with Crippen LogP contribution in [0.5, 0.6) is 0 Å². The highest BCUT2D eigenvalue weighted by Crippen LogP contribution is 2.20. The van der Waals surface area contributed by atoms with Crippen molar-refractivity contribution in [3.63, 3.8) is 0 Å². The molecule has 0 radical (unpaired) electrons. The molecule has 1 aliphatic heterocycles. The number of carbonyl (C=O) groups excluding carboxylic acids is 1. The van der Waals surface area contributed by atoms with E-state index in [0.717, 1.165) is 5.69 Å². The van der Waals surface area contributed by atoms with Gasteiger partial charge in [-0.25, -0.2) is 4.79 Å². The van der Waals surface area contributed by atoms with E-state index >= 15 is 0 Å². The number of rotatable bonds is 1. The zero-order valence-corrected chi connectivity index (χ0v) is 7.70. The molecule has 0 saturated carbocycles. The second kappa shape index (κ2) is 2.87. The van der Waals surface area contributed by atoms with Gasteiger partial charge in [-0.3, -0.25) is 4.79 Å². The highest BCUT2D eigenvalue weighted by atomic mass is 16.4. The van der Waals surface area contributed by atoms with Crippen LogP contribution >= 0.6 is 0 Å². The molecule has 0 unspecified atom stereocenters. The lowest BCUT2D eigenvalue weighted by Gasteiger charge is -2.14. The van der Waals surface area contributed by atoms with Crippen LogP contribution in [-0.4, -0.2) is 21.6 Å². The summed E-state index contributed by atoms with van der Waals surface area (Å²) in [7, 11) is 1.78. The number of aromatic nitrogens is 1. The first-order valence-electron chi connectivity index (χ1n) is 4.26. The first-order chi connectivity index (χ1) is 6.59. The SMILES string of the molecule is Cn1cc(C(=O)O)c2c1CNC(=O)C2. The van der Waals surface area contributed by atoms with Gasteiger partial charge in [0.2, 0.25) is 5.91 Å². The van der Waals surface area contributed by atoms with E-state index in [1.54, 1.807) is 17.8 Å². The Hall–Kier alpha value is -1.78. The van der Waals surface area contributed by atoms with Crippen LogP contribution in [0.25, 0.3) is 0 Å². The van der Waals surface area contributed by atoms with Gasteiger partial charge in [0.25, 0.3) is 0 Å². The molecule has 0 aromatic carbocycles. The lowest BCUT2D eigenvalue weighted by Crippen LogP contribution is -2.31. The Kier molecular flexibility index (Phi) is 1.80. The summed E-state index contributed by atoms with van der Waals surface area (Å²) in [4.78, 5) is 21.9. The minimum atomic E-state index is -0.975. The van der Waals surface area contributed by atoms with Crippen LogP contribution in [-0.2, 0) is 24.8 Å². The van der Waals surface area contributed by atoms with E-state index in [1.165, 1.54) is 0 Å². The normalized spacial score (nSPS) is 14.8. The molecule has 1 amide bonds. The third-order valence-corrected chi connectivity index (χ3v) is 2.44. The second-order valence-electron chi connectivity index (χ2n) is 3.34. The topological polar surface area (TPSA) is 71.3 Å². The van der Waals surface area contributed by atoms with E-state index in [4.69, 9.17) is 5.11 Å². The van der Waals surface area contributed by atoms with Crippen LogP contribution in [0, 0.1) is 0 Å². The molecule has 1 aromatic heterocycles. The minimum absolute atomic E-state index is 0.119. The van der Waals surface area contributed by atoms with Crippen molar-refractivity contribution in [3.05, 3.63) is 23.0 Å². The number of nitrogens with zero attached hydrogens (tertiary/aromatic N) is 1. The van der Waals surface area contributed by atoms with Gasteiger partial charge in [0.1, 0.15) is 0 Å². The van der Waals surface area contributed by atoms with Crippen LogP contribution in [0.4, 0.5) is 0 Å². The molecule has 74 valence electrons. The molecule has 0 saturated heterocycles. The van der Waals surface area contributed by atoms with Gasteiger partial charge in [-0.05, 0) is 5.56 Å². The molecule has 0 bridgehead atoms. The van der Waals surface area contributed by atoms with Crippen LogP contribution in [0.2, 0.25) is 0 Å². The first kappa shape index (κ1) is 8.80. The largest absolute Gasteiger partial charge is 0.478 e. The third kappa shape index (κ3) is 1.17. The van der Waals surface area contributed by atoms with E-state index in [-0.39, 0.29) is 17.9 Å². The number of nitrogens with one attached hydrogen (secondary N) is 1. The van der Waals surface area contributed by atoms with E-state index in [2.05, 4.69) is 5.32 Å². The lowest BCUT2D eigenvalue weighted by molar-refractivity contribution is -0.121. The van der Waals surface area contributed by atoms with Crippen molar-refractivity contribution < 1.29 is 14.7 Å². The fourth-order valence-electron chi connectivity index (χ4n) is 1.74. The van der Waals surface area contributed by atoms with Crippen molar-refractivity contribution in [2.45, 2.75) is 13.0 Å². The first-order valence-corrected chi connectivity index (χ1v) is 4.26. The molecule has 0 spiro atoms. The van der Waals surface area contributed by atoms with Crippen molar-refractivity contribution >= 4 is 11.9 Å². The van der Waals surface area contributed by atoms with Crippen LogP contribution in [0.3, 0.4) is 0 Å². The maximum atomic E-state index is 11.1. The van der Waals surface area contributed by atoms with Gasteiger partial charge >= 0.3 is 5.97 Å². The summed E-state index contributed by atoms with van der Waals surface area (Å²) in [5, 5.41) is 11.6. The number of carboxylic acid groups (broad SMARTS) is 1. The highest BCUT2D eigenvalue weighted by molar-refractivity contribution is 5.93. The second-order valence-corrected chi connectivity index (χ2v) is 3.34. The van der Waals surface area contributed by atoms with Gasteiger partial charge in [-0.2, -0.15) is 0 Å². The molecule has 0 atom stereocenters. The minimum Gasteiger partial charge on any atom is -0.478 e. The summed E-state index contributed by atoms with van der Waals surface area (Å²) in [6.07, 6.45) is 1.71. The molecule has 2 rings (SSSR count). The molecule has 2 N–H and O–H groups in total. The quantitative estimate of drug-likeness (QED) is 0.655. The van der Waals surface area contributed by atoms with Gasteiger partial charge in [0, 0.05) is 18.9 Å². The van der Waals surface area contributed by atoms with E-state index in [0.29, 0.717) is 12.1 Å². The molecular weight excluding hydrogens is 184 g/mol. The standard InChI is InChI=1S/C9H10N2O3/c1-11-4-6(9(13)14)5-2-8(12)10-3-7(5)11/h4H,2-3H2,1H3,(H,10,12)(H,13,14). The van der Waals surface area contributed by atoms with Gasteiger partial charge in [0.15, 0.2) is 0 Å². The van der Waals surface area contributed by atoms with E-state index < -0.39 is 5.97 Å². The summed E-state index contributed by atoms with van der Waals surface area (Å²) in [5.41, 5.74) is 1.75. The molecule has 0 aliphatic carbocycles. The molecule has 5 nitrogen and oxygen atoms in total. The Balaban J connectivity index is 2.55. The molecule has 5 heteroatoms. The Morgan fingerprint density at radius 3 is 3.00 bits per heavy atom. The third-order valence-electron chi connectivity index (χ3n) is 2.44. The molecule has 2 heterocycles. The monoisotopic (exact) mass is 194 g/mol. The average Bonchev–Trinajstić information content (AvgIpc) is 2.43. The van der Waals surface area contributed by atoms with E-state index in [9.17, 15) is 9.59 Å². The Morgan fingerprint density at radius 1 is 1.64 bits per heavy atom. The number of aromatic carboxylic acids is 1. The Labute approximate surface area is 80.3 Å². The van der Waals surface area contributed by atoms with Gasteiger partial charge in [-0.15, -0.1) is 0 Å². The number of hydrogen-bond acceptors (Lipinski definition) is 2. The maximum absolute atomic E-state index is 11.1. The smallest absolute Gasteiger partial charge is 0.337 e. The number of amides is 1. The van der Waals surface area contributed by atoms with Crippen LogP contribution < -0.4 is 5.32 Å². The summed E-state index contributed by atoms with van der Waals surface area (Å²) in [5.74, 6) is -1.09. The number of carbonyl (C=O) groups is 2. The number of carboxylic acids is 1. The molecular formula is C9H10N2O3. The fourth-order valence-corrected chi connectivity index (χ4v) is 1.74. The van der Waals surface area contributed by atoms with Crippen molar-refractivity contribution in [3.8, 4) is 0 Å². The Morgan fingerprint density at radius 2 is 2.36 bits per heavy atom. The molecule has 1 aromatic rings. The Bertz CT molecular complexity index is 420. The van der Waals surface area contributed by atoms with Gasteiger partial charge in [0.05, 0.1) is 18.5 Å². The summed E-state index contributed by atoms with van der Waals surface area (Å²) in [6.45, 7) is 0.415. The van der Waals surface area contributed by atoms with Crippen molar-refractivity contribution in [2.24, 2.45) is 7.05 Å². The van der Waals surface area contributed by atoms with Crippen molar-refractivity contribution in [1.82, 2.24) is 9.88 Å². The average molecular weight is 194 g/mol. The maximum Gasteiger partial charge on any atom is 0.337 e. The highest BCUT2D eigenvalue weighted by Gasteiger charge is 2.24. The molecule has 14 heavy (non-hydrogen) atoms. The van der Waals surface area contributed by atoms with E-state index in [1.807, 2.05) is 0 Å². The lowest BCUT2D eigenvalue weighted by atomic mass is 10.0. The number of aryl methyl sites for hydroxylation is 1. The van der Waals surface area contributed by atoms with Crippen LogP contribution in [0.15, 0.2) is 6.20 Å². The summed E-state index contributed by atoms with van der Waals surface area (Å²) in [6, 6.07) is 0. The van der Waals surface area contributed by atoms with Crippen molar-refractivity contribution in [1.29, 1.82) is 0 Å². The zero-order valence-electron chi connectivity index (χ0n) is 7.70. The summed E-state index contributed by atoms with van der Waals surface area (Å²) < 4.78 is 1.75. The fraction of sp³-hybridized carbons (Fsp3) is 0.333. The summed E-state index contributed by atoms with van der Waals surface area (Å²) >= 11 is 0.